The van der Waals surface area contributed by atoms with Crippen LogP contribution in [0.2, 0.25) is 0 Å². The summed E-state index contributed by atoms with van der Waals surface area (Å²) in [5.41, 5.74) is 5.18. The van der Waals surface area contributed by atoms with E-state index in [0.29, 0.717) is 19.1 Å². The summed E-state index contributed by atoms with van der Waals surface area (Å²) in [5, 5.41) is 0. The Bertz CT molecular complexity index is 949. The third kappa shape index (κ3) is 7.36. The molecule has 0 N–H and O–H groups in total. The molecule has 0 atom stereocenters. The van der Waals surface area contributed by atoms with E-state index in [0.717, 1.165) is 73.4 Å². The molecule has 5 nitrogen and oxygen atoms in total. The lowest BCUT2D eigenvalue weighted by atomic mass is 9.96. The maximum atomic E-state index is 12.3. The molecule has 2 aromatic carbocycles. The van der Waals surface area contributed by atoms with Gasteiger partial charge in [0.25, 0.3) is 0 Å². The highest BCUT2D eigenvalue weighted by atomic mass is 16.5. The van der Waals surface area contributed by atoms with Crippen LogP contribution in [0.4, 0.5) is 5.69 Å². The molecule has 3 rings (SSSR count). The smallest absolute Gasteiger partial charge is 0.333 e. The van der Waals surface area contributed by atoms with Crippen LogP contribution in [-0.2, 0) is 14.3 Å². The van der Waals surface area contributed by atoms with Crippen molar-refractivity contribution in [3.8, 4) is 16.9 Å². The molecule has 0 saturated carbocycles. The number of hydrogen-bond donors (Lipinski definition) is 0. The Morgan fingerprint density at radius 3 is 2.50 bits per heavy atom. The Hall–Kier alpha value is -2.79. The fourth-order valence-electron chi connectivity index (χ4n) is 4.21. The van der Waals surface area contributed by atoms with Crippen molar-refractivity contribution in [1.29, 1.82) is 0 Å². The summed E-state index contributed by atoms with van der Waals surface area (Å²) in [6.07, 6.45) is 5.88. The first-order valence-electron chi connectivity index (χ1n) is 12.5. The number of nitrogens with zero attached hydrogens (tertiary/aromatic N) is 1. The lowest BCUT2D eigenvalue weighted by Crippen LogP contribution is -2.30. The molecular formula is C29H39NO4. The number of carbonyl (C=O) groups is 1. The molecule has 0 fully saturated rings. The molecule has 34 heavy (non-hydrogen) atoms. The maximum absolute atomic E-state index is 12.3. The summed E-state index contributed by atoms with van der Waals surface area (Å²) >= 11 is 0. The maximum Gasteiger partial charge on any atom is 0.333 e. The second-order valence-electron chi connectivity index (χ2n) is 9.22. The molecular weight excluding hydrogens is 426 g/mol. The molecule has 2 aromatic rings. The van der Waals surface area contributed by atoms with Crippen LogP contribution in [-0.4, -0.2) is 46.0 Å². The zero-order valence-corrected chi connectivity index (χ0v) is 21.1. The molecule has 184 valence electrons. The van der Waals surface area contributed by atoms with Gasteiger partial charge in [-0.2, -0.15) is 0 Å². The van der Waals surface area contributed by atoms with Crippen molar-refractivity contribution in [2.45, 2.75) is 46.5 Å². The van der Waals surface area contributed by atoms with Crippen molar-refractivity contribution in [2.75, 3.05) is 44.9 Å². The lowest BCUT2D eigenvalue weighted by molar-refractivity contribution is -0.136. The Labute approximate surface area is 204 Å². The lowest BCUT2D eigenvalue weighted by Gasteiger charge is -2.30. The van der Waals surface area contributed by atoms with Gasteiger partial charge in [0.15, 0.2) is 0 Å². The van der Waals surface area contributed by atoms with E-state index in [2.05, 4.69) is 56.0 Å². The number of hydrogen-bond acceptors (Lipinski definition) is 5. The summed E-state index contributed by atoms with van der Waals surface area (Å²) in [4.78, 5) is 14.8. The van der Waals surface area contributed by atoms with Crippen LogP contribution in [0.1, 0.15) is 52.0 Å². The number of anilines is 1. The molecule has 0 unspecified atom stereocenters. The van der Waals surface area contributed by atoms with E-state index in [4.69, 9.17) is 14.2 Å². The van der Waals surface area contributed by atoms with E-state index in [9.17, 15) is 4.79 Å². The first kappa shape index (κ1) is 25.8. The highest BCUT2D eigenvalue weighted by Crippen LogP contribution is 2.33. The van der Waals surface area contributed by atoms with E-state index < -0.39 is 0 Å². The van der Waals surface area contributed by atoms with Crippen molar-refractivity contribution in [3.63, 3.8) is 0 Å². The minimum atomic E-state index is -0.242. The third-order valence-corrected chi connectivity index (χ3v) is 5.93. The predicted octanol–water partition coefficient (Wildman–Crippen LogP) is 6.36. The van der Waals surface area contributed by atoms with Gasteiger partial charge in [0.2, 0.25) is 0 Å². The summed E-state index contributed by atoms with van der Waals surface area (Å²) < 4.78 is 16.4. The minimum Gasteiger partial charge on any atom is -0.491 e. The first-order valence-corrected chi connectivity index (χ1v) is 12.5. The Morgan fingerprint density at radius 2 is 1.79 bits per heavy atom. The Kier molecular flexibility index (Phi) is 10.0. The van der Waals surface area contributed by atoms with Gasteiger partial charge in [-0.25, -0.2) is 4.79 Å². The number of ether oxygens (including phenoxy) is 3. The molecule has 1 heterocycles. The zero-order chi connectivity index (χ0) is 24.3. The van der Waals surface area contributed by atoms with Gasteiger partial charge in [0, 0.05) is 31.0 Å². The first-order chi connectivity index (χ1) is 16.5. The Balaban J connectivity index is 1.79. The van der Waals surface area contributed by atoms with E-state index in [1.165, 1.54) is 12.8 Å². The molecule has 0 bridgehead atoms. The number of unbranched alkanes of at least 4 members (excludes halogenated alkanes) is 1. The molecule has 0 spiro atoms. The zero-order valence-electron chi connectivity index (χ0n) is 21.1. The van der Waals surface area contributed by atoms with Crippen molar-refractivity contribution in [2.24, 2.45) is 5.92 Å². The number of benzene rings is 2. The van der Waals surface area contributed by atoms with Gasteiger partial charge >= 0.3 is 5.97 Å². The largest absolute Gasteiger partial charge is 0.491 e. The number of fused-ring (bicyclic) bond motifs is 1. The molecule has 0 aliphatic carbocycles. The second-order valence-corrected chi connectivity index (χ2v) is 9.22. The van der Waals surface area contributed by atoms with Crippen molar-refractivity contribution >= 4 is 17.7 Å². The summed E-state index contributed by atoms with van der Waals surface area (Å²) in [7, 11) is 1.45. The average Bonchev–Trinajstić information content (AvgIpc) is 2.83. The van der Waals surface area contributed by atoms with Crippen LogP contribution in [0.3, 0.4) is 0 Å². The van der Waals surface area contributed by atoms with E-state index in [-0.39, 0.29) is 5.97 Å². The highest BCUT2D eigenvalue weighted by Gasteiger charge is 2.19. The van der Waals surface area contributed by atoms with Gasteiger partial charge < -0.3 is 19.1 Å². The number of esters is 1. The normalized spacial score (nSPS) is 13.7. The van der Waals surface area contributed by atoms with Gasteiger partial charge in [-0.05, 0) is 72.2 Å². The highest BCUT2D eigenvalue weighted by molar-refractivity contribution is 5.95. The number of carbonyl (C=O) groups excluding carboxylic acids is 1. The summed E-state index contributed by atoms with van der Waals surface area (Å²) in [6.45, 7) is 10.5. The van der Waals surface area contributed by atoms with Crippen LogP contribution in [0.15, 0.2) is 48.0 Å². The monoisotopic (exact) mass is 465 g/mol. The van der Waals surface area contributed by atoms with Crippen LogP contribution in [0.5, 0.6) is 5.75 Å². The molecule has 1 aliphatic heterocycles. The second kappa shape index (κ2) is 13.2. The SMILES string of the molecule is CCCCOCCOc1ccc(-c2ccc3c(c2)C=C(C(=O)OC)CCCN3CC(C)C)cc1. The molecule has 0 aromatic heterocycles. The molecule has 0 saturated heterocycles. The van der Waals surface area contributed by atoms with Gasteiger partial charge in [0.1, 0.15) is 12.4 Å². The quantitative estimate of drug-likeness (QED) is 0.285. The van der Waals surface area contributed by atoms with E-state index >= 15 is 0 Å². The number of methoxy groups -OCH3 is 1. The molecule has 0 amide bonds. The Morgan fingerprint density at radius 1 is 1.03 bits per heavy atom. The molecule has 0 radical (unpaired) electrons. The van der Waals surface area contributed by atoms with Crippen LogP contribution in [0, 0.1) is 5.92 Å². The fraction of sp³-hybridized carbons (Fsp3) is 0.483. The van der Waals surface area contributed by atoms with Gasteiger partial charge in [-0.1, -0.05) is 45.4 Å². The third-order valence-electron chi connectivity index (χ3n) is 5.93. The van der Waals surface area contributed by atoms with Gasteiger partial charge in [-0.15, -0.1) is 0 Å². The minimum absolute atomic E-state index is 0.242. The molecule has 1 aliphatic rings. The van der Waals surface area contributed by atoms with Crippen LogP contribution < -0.4 is 9.64 Å². The standard InChI is InChI=1S/C29H39NO4/c1-5-6-16-33-17-18-34-27-12-9-23(10-13-27)24-11-14-28-26(19-24)20-25(29(31)32-4)8-7-15-30(28)21-22(2)3/h9-14,19-20,22H,5-8,15-18,21H2,1-4H3. The predicted molar refractivity (Wildman–Crippen MR) is 139 cm³/mol. The van der Waals surface area contributed by atoms with Gasteiger partial charge in [-0.3, -0.25) is 0 Å². The van der Waals surface area contributed by atoms with Crippen molar-refractivity contribution in [3.05, 3.63) is 53.6 Å². The van der Waals surface area contributed by atoms with E-state index in [1.807, 2.05) is 18.2 Å². The van der Waals surface area contributed by atoms with Gasteiger partial charge in [0.05, 0.1) is 13.7 Å². The number of rotatable bonds is 11. The topological polar surface area (TPSA) is 48.0 Å². The van der Waals surface area contributed by atoms with Crippen LogP contribution in [0.25, 0.3) is 17.2 Å². The summed E-state index contributed by atoms with van der Waals surface area (Å²) in [6, 6.07) is 14.7. The fourth-order valence-corrected chi connectivity index (χ4v) is 4.21. The average molecular weight is 466 g/mol. The van der Waals surface area contributed by atoms with Crippen molar-refractivity contribution < 1.29 is 19.0 Å². The van der Waals surface area contributed by atoms with E-state index in [1.54, 1.807) is 0 Å². The van der Waals surface area contributed by atoms with Crippen molar-refractivity contribution in [1.82, 2.24) is 0 Å². The van der Waals surface area contributed by atoms with Crippen LogP contribution >= 0.6 is 0 Å². The summed E-state index contributed by atoms with van der Waals surface area (Å²) in [5.74, 6) is 1.15. The molecule has 5 heteroatoms.